The summed E-state index contributed by atoms with van der Waals surface area (Å²) in [6.07, 6.45) is 3.93. The van der Waals surface area contributed by atoms with Gasteiger partial charge in [0, 0.05) is 31.3 Å². The third-order valence-electron chi connectivity index (χ3n) is 5.40. The Kier molecular flexibility index (Phi) is 6.18. The molecule has 1 fully saturated rings. The third kappa shape index (κ3) is 4.69. The Labute approximate surface area is 182 Å². The smallest absolute Gasteiger partial charge is 0.246 e. The van der Waals surface area contributed by atoms with E-state index in [1.807, 2.05) is 37.3 Å². The summed E-state index contributed by atoms with van der Waals surface area (Å²) >= 11 is 0. The van der Waals surface area contributed by atoms with Crippen molar-refractivity contribution in [2.24, 2.45) is 0 Å². The minimum Gasteiger partial charge on any atom is -0.486 e. The number of fused-ring (bicyclic) bond motifs is 1. The lowest BCUT2D eigenvalue weighted by Crippen LogP contribution is -2.29. The van der Waals surface area contributed by atoms with Crippen LogP contribution in [0, 0.1) is 0 Å². The normalized spacial score (nSPS) is 17.1. The maximum absolute atomic E-state index is 12.8. The molecule has 4 rings (SSSR count). The molecule has 7 nitrogen and oxygen atoms in total. The number of amides is 1. The zero-order valence-electron chi connectivity index (χ0n) is 17.5. The number of anilines is 1. The lowest BCUT2D eigenvalue weighted by molar-refractivity contribution is -0.126. The topological polar surface area (TPSA) is 76.2 Å². The van der Waals surface area contributed by atoms with Gasteiger partial charge in [-0.25, -0.2) is 8.42 Å². The van der Waals surface area contributed by atoms with E-state index in [1.165, 1.54) is 10.4 Å². The fourth-order valence-corrected chi connectivity index (χ4v) is 5.33. The quantitative estimate of drug-likeness (QED) is 0.643. The summed E-state index contributed by atoms with van der Waals surface area (Å²) in [6.45, 7) is 4.46. The summed E-state index contributed by atoms with van der Waals surface area (Å²) < 4.78 is 36.9. The van der Waals surface area contributed by atoms with Gasteiger partial charge in [-0.1, -0.05) is 24.3 Å². The van der Waals surface area contributed by atoms with Crippen molar-refractivity contribution < 1.29 is 22.7 Å². The van der Waals surface area contributed by atoms with Crippen molar-refractivity contribution in [1.82, 2.24) is 4.90 Å². The molecule has 2 heterocycles. The molecule has 0 aliphatic carbocycles. The summed E-state index contributed by atoms with van der Waals surface area (Å²) in [5.41, 5.74) is 2.41. The second kappa shape index (κ2) is 9.01. The molecule has 2 aromatic rings. The number of carbonyl (C=O) groups is 1. The highest BCUT2D eigenvalue weighted by Crippen LogP contribution is 2.34. The summed E-state index contributed by atoms with van der Waals surface area (Å²) in [5, 5.41) is 0. The summed E-state index contributed by atoms with van der Waals surface area (Å²) in [5.74, 6) is 1.50. The van der Waals surface area contributed by atoms with E-state index in [-0.39, 0.29) is 11.7 Å². The van der Waals surface area contributed by atoms with E-state index in [0.717, 1.165) is 11.1 Å². The van der Waals surface area contributed by atoms with Gasteiger partial charge in [0.2, 0.25) is 15.9 Å². The molecule has 2 aromatic carbocycles. The Morgan fingerprint density at radius 2 is 1.90 bits per heavy atom. The second-order valence-corrected chi connectivity index (χ2v) is 9.47. The molecule has 0 atom stereocenters. The Hall–Kier alpha value is -3.00. The average molecular weight is 443 g/mol. The van der Waals surface area contributed by atoms with E-state index in [1.54, 1.807) is 23.1 Å². The van der Waals surface area contributed by atoms with E-state index >= 15 is 0 Å². The maximum atomic E-state index is 12.8. The van der Waals surface area contributed by atoms with E-state index < -0.39 is 10.0 Å². The Balaban J connectivity index is 1.43. The van der Waals surface area contributed by atoms with Crippen LogP contribution < -0.4 is 13.8 Å². The van der Waals surface area contributed by atoms with Gasteiger partial charge in [0.05, 0.1) is 11.4 Å². The number of likely N-dealkylation sites (N-methyl/N-ethyl adjacent to an activating group) is 1. The number of ether oxygens (including phenoxy) is 2. The highest BCUT2D eigenvalue weighted by atomic mass is 32.2. The molecule has 164 valence electrons. The first-order valence-corrected chi connectivity index (χ1v) is 12.0. The maximum Gasteiger partial charge on any atom is 0.246 e. The lowest BCUT2D eigenvalue weighted by Gasteiger charge is -2.24. The van der Waals surface area contributed by atoms with Crippen LogP contribution in [0.25, 0.3) is 6.08 Å². The van der Waals surface area contributed by atoms with E-state index in [9.17, 15) is 13.2 Å². The van der Waals surface area contributed by atoms with E-state index in [4.69, 9.17) is 9.47 Å². The molecule has 2 aliphatic rings. The predicted octanol–water partition coefficient (Wildman–Crippen LogP) is 3.06. The fraction of sp³-hybridized carbons (Fsp3) is 0.348. The largest absolute Gasteiger partial charge is 0.486 e. The summed E-state index contributed by atoms with van der Waals surface area (Å²) in [7, 11) is -3.19. The van der Waals surface area contributed by atoms with Crippen molar-refractivity contribution in [1.29, 1.82) is 0 Å². The van der Waals surface area contributed by atoms with Gasteiger partial charge in [0.25, 0.3) is 0 Å². The van der Waals surface area contributed by atoms with Crippen LogP contribution in [0.15, 0.2) is 48.5 Å². The van der Waals surface area contributed by atoms with Gasteiger partial charge >= 0.3 is 0 Å². The Bertz CT molecular complexity index is 1080. The van der Waals surface area contributed by atoms with Gasteiger partial charge < -0.3 is 14.4 Å². The monoisotopic (exact) mass is 442 g/mol. The zero-order chi connectivity index (χ0) is 21.8. The van der Waals surface area contributed by atoms with Gasteiger partial charge in [-0.3, -0.25) is 9.10 Å². The van der Waals surface area contributed by atoms with Crippen molar-refractivity contribution in [2.75, 3.05) is 36.4 Å². The van der Waals surface area contributed by atoms with Gasteiger partial charge in [0.15, 0.2) is 11.5 Å². The molecule has 2 aliphatic heterocycles. The Morgan fingerprint density at radius 3 is 2.61 bits per heavy atom. The molecule has 0 radical (unpaired) electrons. The molecule has 0 aromatic heterocycles. The molecular formula is C23H26N2O5S. The molecule has 1 amide bonds. The van der Waals surface area contributed by atoms with Crippen LogP contribution >= 0.6 is 0 Å². The SMILES string of the molecule is CCN(Cc1cccc2c1OCCO2)C(=O)/C=C/c1ccc(N2CCCS2(=O)=O)cc1. The average Bonchev–Trinajstić information content (AvgIpc) is 3.15. The van der Waals surface area contributed by atoms with Crippen LogP contribution in [-0.4, -0.2) is 51.3 Å². The molecule has 0 saturated carbocycles. The number of sulfonamides is 1. The number of para-hydroxylation sites is 1. The van der Waals surface area contributed by atoms with Crippen LogP contribution in [0.4, 0.5) is 5.69 Å². The first-order valence-electron chi connectivity index (χ1n) is 10.4. The van der Waals surface area contributed by atoms with Crippen molar-refractivity contribution in [3.63, 3.8) is 0 Å². The van der Waals surface area contributed by atoms with Gasteiger partial charge in [-0.05, 0) is 43.2 Å². The van der Waals surface area contributed by atoms with Crippen molar-refractivity contribution in [2.45, 2.75) is 19.9 Å². The van der Waals surface area contributed by atoms with Crippen LogP contribution in [0.2, 0.25) is 0 Å². The molecule has 0 N–H and O–H groups in total. The van der Waals surface area contributed by atoms with Crippen LogP contribution in [0.5, 0.6) is 11.5 Å². The number of benzene rings is 2. The zero-order valence-corrected chi connectivity index (χ0v) is 18.3. The number of rotatable bonds is 6. The van der Waals surface area contributed by atoms with Crippen LogP contribution in [0.1, 0.15) is 24.5 Å². The standard InChI is InChI=1S/C23H26N2O5S/c1-2-24(17-19-5-3-6-21-23(19)30-15-14-29-21)22(26)12-9-18-7-10-20(11-8-18)25-13-4-16-31(25,27)28/h3,5-12H,2,4,13-17H2,1H3/b12-9+. The Morgan fingerprint density at radius 1 is 1.13 bits per heavy atom. The van der Waals surface area contributed by atoms with Gasteiger partial charge in [0.1, 0.15) is 13.2 Å². The molecular weight excluding hydrogens is 416 g/mol. The minimum atomic E-state index is -3.19. The van der Waals surface area contributed by atoms with Gasteiger partial charge in [-0.15, -0.1) is 0 Å². The summed E-state index contributed by atoms with van der Waals surface area (Å²) in [6, 6.07) is 12.9. The molecule has 8 heteroatoms. The third-order valence-corrected chi connectivity index (χ3v) is 7.27. The molecule has 0 bridgehead atoms. The van der Waals surface area contributed by atoms with Crippen LogP contribution in [0.3, 0.4) is 0 Å². The molecule has 31 heavy (non-hydrogen) atoms. The number of hydrogen-bond donors (Lipinski definition) is 0. The second-order valence-electron chi connectivity index (χ2n) is 7.46. The van der Waals surface area contributed by atoms with Crippen molar-refractivity contribution in [3.05, 3.63) is 59.7 Å². The first kappa shape index (κ1) is 21.2. The van der Waals surface area contributed by atoms with E-state index in [0.29, 0.717) is 56.5 Å². The van der Waals surface area contributed by atoms with Crippen molar-refractivity contribution in [3.8, 4) is 11.5 Å². The summed E-state index contributed by atoms with van der Waals surface area (Å²) in [4.78, 5) is 14.5. The number of nitrogens with zero attached hydrogens (tertiary/aromatic N) is 2. The van der Waals surface area contributed by atoms with Gasteiger partial charge in [-0.2, -0.15) is 0 Å². The number of carbonyl (C=O) groups excluding carboxylic acids is 1. The molecule has 0 unspecified atom stereocenters. The van der Waals surface area contributed by atoms with E-state index in [2.05, 4.69) is 0 Å². The lowest BCUT2D eigenvalue weighted by atomic mass is 10.1. The predicted molar refractivity (Wildman–Crippen MR) is 120 cm³/mol. The minimum absolute atomic E-state index is 0.108. The molecule has 1 saturated heterocycles. The highest BCUT2D eigenvalue weighted by Gasteiger charge is 2.28. The number of hydrogen-bond acceptors (Lipinski definition) is 5. The van der Waals surface area contributed by atoms with Crippen molar-refractivity contribution >= 4 is 27.7 Å². The fourth-order valence-electron chi connectivity index (χ4n) is 3.76. The first-order chi connectivity index (χ1) is 15.0. The van der Waals surface area contributed by atoms with Crippen LogP contribution in [-0.2, 0) is 21.4 Å². The highest BCUT2D eigenvalue weighted by molar-refractivity contribution is 7.93. The molecule has 0 spiro atoms.